The molecule has 1 amide bonds. The molecule has 0 atom stereocenters. The largest absolute Gasteiger partial charge is 0.506 e. The molecule has 2 N–H and O–H groups in total. The lowest BCUT2D eigenvalue weighted by molar-refractivity contribution is -0.137. The molecule has 0 bridgehead atoms. The monoisotopic (exact) mass is 381 g/mol. The minimum atomic E-state index is -4.61. The quantitative estimate of drug-likeness (QED) is 0.752. The van der Waals surface area contributed by atoms with Crippen LogP contribution < -0.4 is 10.2 Å². The number of benzene rings is 1. The molecular weight excluding hydrogens is 363 g/mol. The fraction of sp³-hybridized carbons (Fsp3) is 0.278. The number of hydrogen-bond acceptors (Lipinski definition) is 5. The van der Waals surface area contributed by atoms with E-state index in [1.165, 1.54) is 18.0 Å². The van der Waals surface area contributed by atoms with Crippen LogP contribution in [0.25, 0.3) is 0 Å². The molecule has 6 nitrogen and oxygen atoms in total. The van der Waals surface area contributed by atoms with Gasteiger partial charge in [0.25, 0.3) is 0 Å². The SMILES string of the molecule is Cc1ccc(O)c(N(C)C(=O)CNc2cc(C(F)(F)F)cc(CC=O)n2)c1. The lowest BCUT2D eigenvalue weighted by Gasteiger charge is -2.20. The number of phenols is 1. The number of aryl methyl sites for hydroxylation is 1. The first kappa shape index (κ1) is 20.2. The molecule has 27 heavy (non-hydrogen) atoms. The van der Waals surface area contributed by atoms with Gasteiger partial charge in [-0.3, -0.25) is 4.79 Å². The van der Waals surface area contributed by atoms with E-state index in [2.05, 4.69) is 10.3 Å². The number of carbonyl (C=O) groups is 2. The highest BCUT2D eigenvalue weighted by molar-refractivity contribution is 5.96. The summed E-state index contributed by atoms with van der Waals surface area (Å²) in [5.74, 6) is -0.758. The highest BCUT2D eigenvalue weighted by atomic mass is 19.4. The van der Waals surface area contributed by atoms with Crippen molar-refractivity contribution in [3.8, 4) is 5.75 Å². The van der Waals surface area contributed by atoms with Crippen molar-refractivity contribution in [3.63, 3.8) is 0 Å². The van der Waals surface area contributed by atoms with Crippen LogP contribution in [0.5, 0.6) is 5.75 Å². The van der Waals surface area contributed by atoms with Gasteiger partial charge in [0.2, 0.25) is 5.91 Å². The standard InChI is InChI=1S/C18H18F3N3O3/c1-11-3-4-15(26)14(7-11)24(2)17(27)10-22-16-9-12(18(19,20)21)8-13(23-16)5-6-25/h3-4,6-9,26H,5,10H2,1-2H3,(H,22,23). The Kier molecular flexibility index (Phi) is 6.04. The molecule has 0 aliphatic heterocycles. The van der Waals surface area contributed by atoms with Gasteiger partial charge in [0.05, 0.1) is 23.5 Å². The summed E-state index contributed by atoms with van der Waals surface area (Å²) < 4.78 is 38.9. The van der Waals surface area contributed by atoms with Crippen LogP contribution in [0.3, 0.4) is 0 Å². The number of halogens is 3. The molecule has 144 valence electrons. The van der Waals surface area contributed by atoms with Crippen molar-refractivity contribution in [3.05, 3.63) is 47.2 Å². The van der Waals surface area contributed by atoms with Crippen LogP contribution in [0.15, 0.2) is 30.3 Å². The van der Waals surface area contributed by atoms with E-state index in [-0.39, 0.29) is 35.9 Å². The number of nitrogens with zero attached hydrogens (tertiary/aromatic N) is 2. The number of aldehydes is 1. The number of amides is 1. The second kappa shape index (κ2) is 8.07. The normalized spacial score (nSPS) is 11.1. The Morgan fingerprint density at radius 1 is 1.30 bits per heavy atom. The van der Waals surface area contributed by atoms with Gasteiger partial charge in [-0.1, -0.05) is 6.07 Å². The molecule has 0 spiro atoms. The molecule has 9 heteroatoms. The minimum absolute atomic E-state index is 0.0561. The number of aromatic nitrogens is 1. The average Bonchev–Trinajstić information content (AvgIpc) is 2.60. The predicted molar refractivity (Wildman–Crippen MR) is 93.8 cm³/mol. The van der Waals surface area contributed by atoms with Crippen molar-refractivity contribution < 1.29 is 27.9 Å². The highest BCUT2D eigenvalue weighted by Gasteiger charge is 2.31. The zero-order valence-corrected chi connectivity index (χ0v) is 14.7. The number of aromatic hydroxyl groups is 1. The number of nitrogens with one attached hydrogen (secondary N) is 1. The van der Waals surface area contributed by atoms with E-state index in [4.69, 9.17) is 0 Å². The summed E-state index contributed by atoms with van der Waals surface area (Å²) in [6.07, 6.45) is -4.43. The second-order valence-electron chi connectivity index (χ2n) is 5.90. The maximum atomic E-state index is 13.0. The Balaban J connectivity index is 2.17. The molecule has 2 rings (SSSR count). The van der Waals surface area contributed by atoms with E-state index < -0.39 is 17.6 Å². The van der Waals surface area contributed by atoms with E-state index in [1.54, 1.807) is 19.1 Å². The first-order valence-corrected chi connectivity index (χ1v) is 7.93. The number of alkyl halides is 3. The fourth-order valence-electron chi connectivity index (χ4n) is 2.35. The third-order valence-electron chi connectivity index (χ3n) is 3.79. The summed E-state index contributed by atoms with van der Waals surface area (Å²) >= 11 is 0. The Hall–Kier alpha value is -3.10. The summed E-state index contributed by atoms with van der Waals surface area (Å²) in [5, 5.41) is 12.4. The molecule has 0 fully saturated rings. The summed E-state index contributed by atoms with van der Waals surface area (Å²) in [7, 11) is 1.44. The first-order chi connectivity index (χ1) is 12.6. The number of carbonyl (C=O) groups excluding carboxylic acids is 2. The first-order valence-electron chi connectivity index (χ1n) is 7.93. The summed E-state index contributed by atoms with van der Waals surface area (Å²) in [5.41, 5.74) is 0.0855. The molecule has 0 aliphatic carbocycles. The molecule has 0 saturated heterocycles. The topological polar surface area (TPSA) is 82.5 Å². The van der Waals surface area contributed by atoms with Gasteiger partial charge in [0, 0.05) is 13.5 Å². The lowest BCUT2D eigenvalue weighted by atomic mass is 10.2. The highest BCUT2D eigenvalue weighted by Crippen LogP contribution is 2.31. The Morgan fingerprint density at radius 2 is 2.00 bits per heavy atom. The van der Waals surface area contributed by atoms with Crippen molar-refractivity contribution in [2.24, 2.45) is 0 Å². The van der Waals surface area contributed by atoms with Gasteiger partial charge in [-0.05, 0) is 36.8 Å². The third kappa shape index (κ3) is 5.19. The van der Waals surface area contributed by atoms with Gasteiger partial charge in [-0.2, -0.15) is 13.2 Å². The number of phenolic OH excluding ortho intramolecular Hbond substituents is 1. The van der Waals surface area contributed by atoms with Gasteiger partial charge in [0.1, 0.15) is 17.9 Å². The molecule has 0 aliphatic rings. The lowest BCUT2D eigenvalue weighted by Crippen LogP contribution is -2.32. The number of likely N-dealkylation sites (N-methyl/N-ethyl adjacent to an activating group) is 1. The smallest absolute Gasteiger partial charge is 0.416 e. The predicted octanol–water partition coefficient (Wildman–Crippen LogP) is 2.93. The van der Waals surface area contributed by atoms with E-state index in [0.717, 1.165) is 17.7 Å². The molecule has 1 aromatic carbocycles. The molecule has 1 aromatic heterocycles. The summed E-state index contributed by atoms with van der Waals surface area (Å²) in [6.45, 7) is 1.44. The van der Waals surface area contributed by atoms with Crippen molar-refractivity contribution in [2.75, 3.05) is 23.8 Å². The minimum Gasteiger partial charge on any atom is -0.506 e. The Labute approximate surface area is 153 Å². The van der Waals surface area contributed by atoms with Gasteiger partial charge in [0.15, 0.2) is 0 Å². The van der Waals surface area contributed by atoms with Crippen molar-refractivity contribution in [1.82, 2.24) is 4.98 Å². The van der Waals surface area contributed by atoms with Gasteiger partial charge in [-0.25, -0.2) is 4.98 Å². The zero-order chi connectivity index (χ0) is 20.2. The van der Waals surface area contributed by atoms with E-state index in [9.17, 15) is 27.9 Å². The van der Waals surface area contributed by atoms with Crippen LogP contribution in [-0.4, -0.2) is 35.9 Å². The molecule has 0 radical (unpaired) electrons. The zero-order valence-electron chi connectivity index (χ0n) is 14.7. The number of pyridine rings is 1. The van der Waals surface area contributed by atoms with Crippen LogP contribution in [-0.2, 0) is 22.2 Å². The molecule has 1 heterocycles. The van der Waals surface area contributed by atoms with Crippen LogP contribution in [0, 0.1) is 6.92 Å². The summed E-state index contributed by atoms with van der Waals surface area (Å²) in [4.78, 5) is 28.0. The van der Waals surface area contributed by atoms with Crippen LogP contribution in [0.2, 0.25) is 0 Å². The van der Waals surface area contributed by atoms with E-state index in [0.29, 0.717) is 6.29 Å². The maximum absolute atomic E-state index is 13.0. The van der Waals surface area contributed by atoms with Gasteiger partial charge < -0.3 is 20.1 Å². The maximum Gasteiger partial charge on any atom is 0.416 e. The van der Waals surface area contributed by atoms with Crippen molar-refractivity contribution in [1.29, 1.82) is 0 Å². The molecule has 0 unspecified atom stereocenters. The molecule has 2 aromatic rings. The Morgan fingerprint density at radius 3 is 2.63 bits per heavy atom. The van der Waals surface area contributed by atoms with Crippen molar-refractivity contribution >= 4 is 23.7 Å². The van der Waals surface area contributed by atoms with Gasteiger partial charge in [-0.15, -0.1) is 0 Å². The number of anilines is 2. The molecule has 0 saturated carbocycles. The number of hydrogen-bond donors (Lipinski definition) is 2. The van der Waals surface area contributed by atoms with E-state index in [1.807, 2.05) is 0 Å². The average molecular weight is 381 g/mol. The second-order valence-corrected chi connectivity index (χ2v) is 5.90. The van der Waals surface area contributed by atoms with Crippen LogP contribution in [0.4, 0.5) is 24.7 Å². The number of rotatable bonds is 6. The van der Waals surface area contributed by atoms with Crippen LogP contribution in [0.1, 0.15) is 16.8 Å². The van der Waals surface area contributed by atoms with Crippen molar-refractivity contribution in [2.45, 2.75) is 19.5 Å². The van der Waals surface area contributed by atoms with Crippen LogP contribution >= 0.6 is 0 Å². The molecular formula is C18H18F3N3O3. The van der Waals surface area contributed by atoms with Gasteiger partial charge >= 0.3 is 6.18 Å². The third-order valence-corrected chi connectivity index (χ3v) is 3.79. The summed E-state index contributed by atoms with van der Waals surface area (Å²) in [6, 6.07) is 6.29. The van der Waals surface area contributed by atoms with E-state index >= 15 is 0 Å². The Bertz CT molecular complexity index is 853. The fourth-order valence-corrected chi connectivity index (χ4v) is 2.35.